The molecule has 3 atom stereocenters. The molecule has 6 N–H and O–H groups in total. The smallest absolute Gasteiger partial charge is 0.287 e. The van der Waals surface area contributed by atoms with Crippen LogP contribution in [0.25, 0.3) is 0 Å². The van der Waals surface area contributed by atoms with Crippen molar-refractivity contribution in [3.8, 4) is 0 Å². The number of aliphatic hydroxyl groups is 1. The van der Waals surface area contributed by atoms with Crippen LogP contribution in [0.1, 0.15) is 114 Å². The van der Waals surface area contributed by atoms with E-state index in [0.29, 0.717) is 5.69 Å². The zero-order chi connectivity index (χ0) is 42.1. The number of nitrogens with two attached hydrogens (primary N) is 1. The van der Waals surface area contributed by atoms with E-state index >= 15 is 0 Å². The number of amides is 4. The van der Waals surface area contributed by atoms with E-state index in [2.05, 4.69) is 25.7 Å². The van der Waals surface area contributed by atoms with Crippen molar-refractivity contribution in [3.05, 3.63) is 41.7 Å². The number of rotatable bonds is 13. The zero-order valence-corrected chi connectivity index (χ0v) is 34.6. The van der Waals surface area contributed by atoms with Gasteiger partial charge in [0.2, 0.25) is 27.6 Å². The van der Waals surface area contributed by atoms with Crippen LogP contribution in [0.3, 0.4) is 0 Å². The van der Waals surface area contributed by atoms with Gasteiger partial charge in [0, 0.05) is 24.1 Å². The molecule has 1 saturated carbocycles. The van der Waals surface area contributed by atoms with E-state index in [9.17, 15) is 45.9 Å². The number of nitrogens with one attached hydrogen (secondary N) is 3. The Morgan fingerprint density at radius 1 is 1.00 bits per heavy atom. The average Bonchev–Trinajstić information content (AvgIpc) is 3.80. The van der Waals surface area contributed by atoms with Crippen LogP contribution in [0, 0.1) is 5.92 Å². The highest BCUT2D eigenvalue weighted by atomic mass is 32.2. The number of nitrogens with zero attached hydrogens (tertiary/aromatic N) is 4. The number of aromatic nitrogens is 3. The van der Waals surface area contributed by atoms with Crippen LogP contribution in [0.4, 0.5) is 0 Å². The van der Waals surface area contributed by atoms with Crippen LogP contribution in [-0.2, 0) is 44.6 Å². The molecule has 0 bridgehead atoms. The summed E-state index contributed by atoms with van der Waals surface area (Å²) in [5.41, 5.74) is 1.68. The van der Waals surface area contributed by atoms with E-state index in [1.54, 1.807) is 20.8 Å². The van der Waals surface area contributed by atoms with Crippen molar-refractivity contribution < 1.29 is 45.9 Å². The van der Waals surface area contributed by atoms with Crippen molar-refractivity contribution in [1.82, 2.24) is 35.2 Å². The zero-order valence-electron chi connectivity index (χ0n) is 33.0. The predicted molar refractivity (Wildman–Crippen MR) is 206 cm³/mol. The monoisotopic (exact) mass is 834 g/mol. The molecule has 20 heteroatoms. The maximum Gasteiger partial charge on any atom is 0.287 e. The van der Waals surface area contributed by atoms with Gasteiger partial charge in [0.25, 0.3) is 11.8 Å². The van der Waals surface area contributed by atoms with Gasteiger partial charge in [0.15, 0.2) is 9.84 Å². The van der Waals surface area contributed by atoms with Gasteiger partial charge in [-0.3, -0.25) is 24.0 Å². The summed E-state index contributed by atoms with van der Waals surface area (Å²) in [4.78, 5) is 69.7. The molecule has 2 aromatic rings. The van der Waals surface area contributed by atoms with Crippen LogP contribution < -0.4 is 21.1 Å². The summed E-state index contributed by atoms with van der Waals surface area (Å²) < 4.78 is 54.5. The number of carbonyl (C=O) groups excluding carboxylic acids is 5. The molecule has 2 saturated heterocycles. The second-order valence-electron chi connectivity index (χ2n) is 17.1. The normalized spacial score (nSPS) is 22.0. The quantitative estimate of drug-likeness (QED) is 0.174. The molecule has 1 aromatic carbocycles. The number of benzene rings is 1. The molecule has 1 aromatic heterocycles. The molecule has 4 amide bonds. The van der Waals surface area contributed by atoms with Gasteiger partial charge < -0.3 is 26.4 Å². The van der Waals surface area contributed by atoms with E-state index < -0.39 is 108 Å². The lowest BCUT2D eigenvalue weighted by molar-refractivity contribution is -0.145. The predicted octanol–water partition coefficient (Wildman–Crippen LogP) is 0.611. The van der Waals surface area contributed by atoms with Crippen LogP contribution in [-0.4, -0.2) is 112 Å². The molecule has 3 aliphatic rings. The Bertz CT molecular complexity index is 2070. The lowest BCUT2D eigenvalue weighted by Gasteiger charge is -2.37. The van der Waals surface area contributed by atoms with Crippen molar-refractivity contribution in [2.45, 2.75) is 132 Å². The molecule has 57 heavy (non-hydrogen) atoms. The minimum atomic E-state index is -3.89. The maximum atomic E-state index is 14.8. The summed E-state index contributed by atoms with van der Waals surface area (Å²) in [7, 11) is -7.46. The van der Waals surface area contributed by atoms with E-state index in [1.165, 1.54) is 53.9 Å². The first kappa shape index (κ1) is 43.8. The minimum absolute atomic E-state index is 0.0533. The molecular weight excluding hydrogens is 781 g/mol. The Kier molecular flexibility index (Phi) is 12.7. The van der Waals surface area contributed by atoms with Crippen LogP contribution >= 0.6 is 0 Å². The van der Waals surface area contributed by atoms with Gasteiger partial charge in [-0.05, 0) is 84.1 Å². The first-order valence-corrected chi connectivity index (χ1v) is 22.5. The fourth-order valence-electron chi connectivity index (χ4n) is 7.95. The number of hydrogen-bond donors (Lipinski definition) is 5. The molecule has 1 aliphatic carbocycles. The first-order chi connectivity index (χ1) is 26.4. The second-order valence-corrected chi connectivity index (χ2v) is 21.1. The highest BCUT2D eigenvalue weighted by Crippen LogP contribution is 2.35. The largest absolute Gasteiger partial charge is 0.384 e. The standard InChI is InChI=1S/C37H54N8O10S2/c1-35(2,3)42-57(54,55)26-13-11-24(12-14-26)32(48)40-27(19-23-9-7-6-8-10-23)34(50)44-22-25(45-29(21-39-43-45)36(4,5)51)20-28(44)33(49)41-37(30(46)31(38)47)15-17-56(52,53)18-16-37/h11-14,21,23,25,27-28,42,51H,6-10,15-20,22H2,1-5H3,(H2,38,47)(H,40,48)(H,41,49)/t25-,27?,28-/m0/s1. The fourth-order valence-corrected chi connectivity index (χ4v) is 10.9. The molecule has 3 heterocycles. The third-order valence-corrected chi connectivity index (χ3v) is 14.3. The van der Waals surface area contributed by atoms with Crippen LogP contribution in [0.15, 0.2) is 35.4 Å². The molecule has 2 aliphatic heterocycles. The van der Waals surface area contributed by atoms with Gasteiger partial charge in [-0.15, -0.1) is 5.10 Å². The maximum absolute atomic E-state index is 14.8. The first-order valence-electron chi connectivity index (χ1n) is 19.2. The van der Waals surface area contributed by atoms with E-state index in [0.717, 1.165) is 32.1 Å². The Morgan fingerprint density at radius 3 is 2.18 bits per heavy atom. The number of likely N-dealkylation sites (tertiary alicyclic amines) is 1. The summed E-state index contributed by atoms with van der Waals surface area (Å²) in [5, 5.41) is 24.5. The van der Waals surface area contributed by atoms with Crippen LogP contribution in [0.5, 0.6) is 0 Å². The fraction of sp³-hybridized carbons (Fsp3) is 0.649. The van der Waals surface area contributed by atoms with Gasteiger partial charge in [-0.2, -0.15) is 0 Å². The SMILES string of the molecule is CC(C)(C)NS(=O)(=O)c1ccc(C(=O)NC(CC2CCCCC2)C(=O)N2C[C@@H](n3nncc3C(C)(C)O)C[C@H]2C(=O)NC2(C(=O)C(N)=O)CCS(=O)(=O)CC2)cc1. The van der Waals surface area contributed by atoms with Gasteiger partial charge >= 0.3 is 0 Å². The summed E-state index contributed by atoms with van der Waals surface area (Å²) >= 11 is 0. The summed E-state index contributed by atoms with van der Waals surface area (Å²) in [6.07, 6.45) is 5.27. The highest BCUT2D eigenvalue weighted by molar-refractivity contribution is 7.91. The van der Waals surface area contributed by atoms with Crippen molar-refractivity contribution in [2.75, 3.05) is 18.1 Å². The van der Waals surface area contributed by atoms with Crippen LogP contribution in [0.2, 0.25) is 0 Å². The van der Waals surface area contributed by atoms with E-state index in [1.807, 2.05) is 0 Å². The number of sulfonamides is 1. The van der Waals surface area contributed by atoms with Gasteiger partial charge in [-0.1, -0.05) is 37.3 Å². The number of sulfone groups is 1. The summed E-state index contributed by atoms with van der Waals surface area (Å²) in [6, 6.07) is 2.12. The molecule has 0 radical (unpaired) electrons. The molecule has 0 spiro atoms. The molecule has 18 nitrogen and oxygen atoms in total. The lowest BCUT2D eigenvalue weighted by atomic mass is 9.84. The van der Waals surface area contributed by atoms with Gasteiger partial charge in [0.05, 0.1) is 34.3 Å². The van der Waals surface area contributed by atoms with Crippen molar-refractivity contribution in [2.24, 2.45) is 11.7 Å². The summed E-state index contributed by atoms with van der Waals surface area (Å²) in [6.45, 7) is 8.03. The molecule has 3 fully saturated rings. The highest BCUT2D eigenvalue weighted by Gasteiger charge is 2.51. The average molecular weight is 835 g/mol. The Morgan fingerprint density at radius 2 is 1.61 bits per heavy atom. The number of hydrogen-bond acceptors (Lipinski definition) is 12. The Labute approximate surface area is 333 Å². The third kappa shape index (κ3) is 10.4. The minimum Gasteiger partial charge on any atom is -0.384 e. The number of Topliss-reactive ketones (excluding diaryl/α,β-unsaturated/α-hetero) is 1. The molecule has 1 unspecified atom stereocenters. The topological polar surface area (TPSA) is 270 Å². The van der Waals surface area contributed by atoms with E-state index in [4.69, 9.17) is 5.73 Å². The second kappa shape index (κ2) is 16.5. The Hall–Kier alpha value is -4.27. The molecule has 314 valence electrons. The van der Waals surface area contributed by atoms with E-state index in [-0.39, 0.29) is 35.8 Å². The van der Waals surface area contributed by atoms with Crippen molar-refractivity contribution >= 4 is 49.3 Å². The van der Waals surface area contributed by atoms with Gasteiger partial charge in [0.1, 0.15) is 23.2 Å². The van der Waals surface area contributed by atoms with Gasteiger partial charge in [-0.25, -0.2) is 26.2 Å². The molecular formula is C37H54N8O10S2. The van der Waals surface area contributed by atoms with Crippen molar-refractivity contribution in [3.63, 3.8) is 0 Å². The molecule has 5 rings (SSSR count). The number of primary amides is 1. The Balaban J connectivity index is 1.48. The third-order valence-electron chi connectivity index (χ3n) is 10.9. The summed E-state index contributed by atoms with van der Waals surface area (Å²) in [5.74, 6) is -5.51. The van der Waals surface area contributed by atoms with Crippen molar-refractivity contribution in [1.29, 1.82) is 0 Å². The number of ketones is 1. The lowest BCUT2D eigenvalue weighted by Crippen LogP contribution is -2.64. The number of carbonyl (C=O) groups is 5.